The van der Waals surface area contributed by atoms with E-state index in [9.17, 15) is 0 Å². The smallest absolute Gasteiger partial charge is 0.0102 e. The van der Waals surface area contributed by atoms with Crippen LogP contribution in [0.5, 0.6) is 0 Å². The van der Waals surface area contributed by atoms with Crippen LogP contribution < -0.4 is 0 Å². The van der Waals surface area contributed by atoms with E-state index in [0.29, 0.717) is 0 Å². The molecule has 2 fully saturated rings. The van der Waals surface area contributed by atoms with Crippen molar-refractivity contribution >= 4 is 0 Å². The molecule has 5 atom stereocenters. The molecule has 0 radical (unpaired) electrons. The third-order valence-electron chi connectivity index (χ3n) is 5.75. The fourth-order valence-corrected chi connectivity index (χ4v) is 4.98. The van der Waals surface area contributed by atoms with Crippen LogP contribution in [-0.2, 0) is 0 Å². The lowest BCUT2D eigenvalue weighted by Gasteiger charge is -2.29. The van der Waals surface area contributed by atoms with E-state index >= 15 is 0 Å². The summed E-state index contributed by atoms with van der Waals surface area (Å²) in [5.41, 5.74) is 2.58. The Labute approximate surface area is 94.1 Å². The number of fused-ring (bicyclic) bond motifs is 1. The topological polar surface area (TPSA) is 0 Å². The van der Waals surface area contributed by atoms with Gasteiger partial charge in [-0.2, -0.15) is 0 Å². The van der Waals surface area contributed by atoms with Crippen LogP contribution in [0.2, 0.25) is 0 Å². The molecular weight excluding hydrogens is 180 g/mol. The molecular formula is C15H24. The molecule has 3 aliphatic carbocycles. The highest BCUT2D eigenvalue weighted by molar-refractivity contribution is 5.34. The van der Waals surface area contributed by atoms with Crippen LogP contribution in [0.25, 0.3) is 0 Å². The van der Waals surface area contributed by atoms with Gasteiger partial charge in [0.25, 0.3) is 0 Å². The predicted molar refractivity (Wildman–Crippen MR) is 64.5 cm³/mol. The monoisotopic (exact) mass is 204 g/mol. The molecule has 2 saturated carbocycles. The summed E-state index contributed by atoms with van der Waals surface area (Å²) in [6.07, 6.45) is 6.95. The zero-order chi connectivity index (χ0) is 10.8. The summed E-state index contributed by atoms with van der Waals surface area (Å²) in [5.74, 6) is 4.79. The molecule has 15 heavy (non-hydrogen) atoms. The standard InChI is InChI=1S/C15H24/c1-9(2)12-6-5-11(4)15-8-7-10(3)13(15)14(12)15/h6,9-11,13-14H,5,7-8H2,1-4H3/t10-,11+,13+,14+,15-/m1/s1. The Morgan fingerprint density at radius 2 is 2.07 bits per heavy atom. The first-order chi connectivity index (χ1) is 7.09. The highest BCUT2D eigenvalue weighted by atomic mass is 14.8. The van der Waals surface area contributed by atoms with Gasteiger partial charge in [0.2, 0.25) is 0 Å². The molecule has 3 aliphatic rings. The van der Waals surface area contributed by atoms with Gasteiger partial charge >= 0.3 is 0 Å². The minimum atomic E-state index is 0.772. The van der Waals surface area contributed by atoms with E-state index in [1.165, 1.54) is 19.3 Å². The van der Waals surface area contributed by atoms with Gasteiger partial charge in [0, 0.05) is 0 Å². The number of hydrogen-bond donors (Lipinski definition) is 0. The molecule has 0 aromatic rings. The maximum absolute atomic E-state index is 2.58. The molecule has 0 amide bonds. The minimum absolute atomic E-state index is 0.772. The first-order valence-corrected chi connectivity index (χ1v) is 6.79. The first kappa shape index (κ1) is 9.93. The van der Waals surface area contributed by atoms with Gasteiger partial charge in [0.05, 0.1) is 0 Å². The van der Waals surface area contributed by atoms with Gasteiger partial charge in [-0.3, -0.25) is 0 Å². The number of hydrogen-bond acceptors (Lipinski definition) is 0. The van der Waals surface area contributed by atoms with E-state index in [-0.39, 0.29) is 0 Å². The van der Waals surface area contributed by atoms with Gasteiger partial charge in [0.1, 0.15) is 0 Å². The maximum atomic E-state index is 2.58. The SMILES string of the molecule is CC(C)C1=CC[C@H](C)[C@]23CC[C@@H](C)[C@H]2[C@H]13. The Morgan fingerprint density at radius 1 is 1.33 bits per heavy atom. The van der Waals surface area contributed by atoms with E-state index in [1.54, 1.807) is 0 Å². The fraction of sp³-hybridized carbons (Fsp3) is 0.867. The van der Waals surface area contributed by atoms with Crippen LogP contribution in [0, 0.1) is 35.0 Å². The lowest BCUT2D eigenvalue weighted by atomic mass is 9.75. The highest BCUT2D eigenvalue weighted by Gasteiger charge is 2.72. The molecule has 0 N–H and O–H groups in total. The van der Waals surface area contributed by atoms with E-state index in [2.05, 4.69) is 33.8 Å². The van der Waals surface area contributed by atoms with Crippen LogP contribution in [-0.4, -0.2) is 0 Å². The Morgan fingerprint density at radius 3 is 2.73 bits per heavy atom. The first-order valence-electron chi connectivity index (χ1n) is 6.79. The van der Waals surface area contributed by atoms with Crippen molar-refractivity contribution in [3.05, 3.63) is 11.6 Å². The Balaban J connectivity index is 1.96. The normalized spacial score (nSPS) is 52.5. The van der Waals surface area contributed by atoms with Crippen molar-refractivity contribution in [2.24, 2.45) is 35.0 Å². The van der Waals surface area contributed by atoms with Crippen molar-refractivity contribution < 1.29 is 0 Å². The van der Waals surface area contributed by atoms with Crippen molar-refractivity contribution in [3.63, 3.8) is 0 Å². The fourth-order valence-electron chi connectivity index (χ4n) is 4.98. The average molecular weight is 204 g/mol. The molecule has 0 heteroatoms. The molecule has 0 aliphatic heterocycles. The van der Waals surface area contributed by atoms with E-state index in [1.807, 2.05) is 5.57 Å². The lowest BCUT2D eigenvalue weighted by Crippen LogP contribution is -2.20. The molecule has 0 nitrogen and oxygen atoms in total. The summed E-state index contributed by atoms with van der Waals surface area (Å²) < 4.78 is 0. The summed E-state index contributed by atoms with van der Waals surface area (Å²) in [7, 11) is 0. The van der Waals surface area contributed by atoms with Crippen LogP contribution in [0.1, 0.15) is 47.0 Å². The van der Waals surface area contributed by atoms with Crippen molar-refractivity contribution in [2.45, 2.75) is 47.0 Å². The number of allylic oxidation sites excluding steroid dienone is 2. The zero-order valence-corrected chi connectivity index (χ0v) is 10.6. The van der Waals surface area contributed by atoms with Crippen LogP contribution in [0.4, 0.5) is 0 Å². The Bertz CT molecular complexity index is 312. The quantitative estimate of drug-likeness (QED) is 0.559. The molecule has 3 rings (SSSR count). The molecule has 0 aromatic carbocycles. The van der Waals surface area contributed by atoms with Crippen molar-refractivity contribution in [2.75, 3.05) is 0 Å². The summed E-state index contributed by atoms with van der Waals surface area (Å²) in [6.45, 7) is 9.75. The summed E-state index contributed by atoms with van der Waals surface area (Å²) in [5, 5.41) is 0. The third kappa shape index (κ3) is 1.04. The van der Waals surface area contributed by atoms with Gasteiger partial charge in [-0.15, -0.1) is 0 Å². The second-order valence-electron chi connectivity index (χ2n) is 6.63. The van der Waals surface area contributed by atoms with Gasteiger partial charge in [0.15, 0.2) is 0 Å². The van der Waals surface area contributed by atoms with Crippen LogP contribution in [0.3, 0.4) is 0 Å². The van der Waals surface area contributed by atoms with E-state index < -0.39 is 0 Å². The van der Waals surface area contributed by atoms with Crippen molar-refractivity contribution in [3.8, 4) is 0 Å². The van der Waals surface area contributed by atoms with Gasteiger partial charge < -0.3 is 0 Å². The molecule has 84 valence electrons. The average Bonchev–Trinajstić information content (AvgIpc) is 2.75. The van der Waals surface area contributed by atoms with Crippen molar-refractivity contribution in [1.29, 1.82) is 0 Å². The second-order valence-corrected chi connectivity index (χ2v) is 6.63. The van der Waals surface area contributed by atoms with E-state index in [4.69, 9.17) is 0 Å². The Hall–Kier alpha value is -0.260. The van der Waals surface area contributed by atoms with Crippen molar-refractivity contribution in [1.82, 2.24) is 0 Å². The number of rotatable bonds is 1. The minimum Gasteiger partial charge on any atom is -0.0845 e. The predicted octanol–water partition coefficient (Wildman–Crippen LogP) is 4.27. The molecule has 0 unspecified atom stereocenters. The summed E-state index contributed by atoms with van der Waals surface area (Å²) in [4.78, 5) is 0. The third-order valence-corrected chi connectivity index (χ3v) is 5.75. The van der Waals surface area contributed by atoms with Crippen LogP contribution in [0.15, 0.2) is 11.6 Å². The molecule has 0 heterocycles. The Kier molecular flexibility index (Phi) is 1.92. The molecule has 0 bridgehead atoms. The summed E-state index contributed by atoms with van der Waals surface area (Å²) in [6, 6.07) is 0. The van der Waals surface area contributed by atoms with Gasteiger partial charge in [-0.05, 0) is 54.3 Å². The van der Waals surface area contributed by atoms with Gasteiger partial charge in [-0.1, -0.05) is 39.3 Å². The lowest BCUT2D eigenvalue weighted by molar-refractivity contribution is 0.283. The second kappa shape index (κ2) is 2.90. The molecule has 0 aromatic heterocycles. The van der Waals surface area contributed by atoms with Crippen LogP contribution >= 0.6 is 0 Å². The zero-order valence-electron chi connectivity index (χ0n) is 10.6. The summed E-state index contributed by atoms with van der Waals surface area (Å²) >= 11 is 0. The molecule has 0 saturated heterocycles. The highest BCUT2D eigenvalue weighted by Crippen LogP contribution is 2.78. The largest absolute Gasteiger partial charge is 0.0845 e. The van der Waals surface area contributed by atoms with Gasteiger partial charge in [-0.25, -0.2) is 0 Å². The van der Waals surface area contributed by atoms with E-state index in [0.717, 1.165) is 35.0 Å². The molecule has 1 spiro atoms. The maximum Gasteiger partial charge on any atom is -0.0102 e.